The number of nitrogens with one attached hydrogen (secondary N) is 1. The summed E-state index contributed by atoms with van der Waals surface area (Å²) in [5.74, 6) is -0.619. The van der Waals surface area contributed by atoms with E-state index in [4.69, 9.17) is 0 Å². The number of benzene rings is 1. The van der Waals surface area contributed by atoms with Crippen molar-refractivity contribution in [2.24, 2.45) is 0 Å². The van der Waals surface area contributed by atoms with E-state index in [9.17, 15) is 17.6 Å². The molecule has 0 atom stereocenters. The van der Waals surface area contributed by atoms with Gasteiger partial charge in [0, 0.05) is 12.6 Å². The summed E-state index contributed by atoms with van der Waals surface area (Å²) in [6, 6.07) is 6.19. The van der Waals surface area contributed by atoms with Crippen LogP contribution in [0.1, 0.15) is 11.1 Å². The van der Waals surface area contributed by atoms with Crippen molar-refractivity contribution in [1.29, 1.82) is 0 Å². The Morgan fingerprint density at radius 3 is 2.53 bits per heavy atom. The van der Waals surface area contributed by atoms with Crippen molar-refractivity contribution in [3.63, 3.8) is 0 Å². The zero-order valence-corrected chi connectivity index (χ0v) is 9.58. The summed E-state index contributed by atoms with van der Waals surface area (Å²) >= 11 is 0. The van der Waals surface area contributed by atoms with Crippen molar-refractivity contribution < 1.29 is 17.6 Å². The first-order valence-electron chi connectivity index (χ1n) is 5.33. The van der Waals surface area contributed by atoms with Crippen LogP contribution in [0.15, 0.2) is 36.7 Å². The van der Waals surface area contributed by atoms with Gasteiger partial charge in [-0.1, -0.05) is 18.2 Å². The van der Waals surface area contributed by atoms with Gasteiger partial charge in [-0.15, -0.1) is 0 Å². The van der Waals surface area contributed by atoms with E-state index in [1.165, 1.54) is 18.2 Å². The Labute approximate surface area is 106 Å². The van der Waals surface area contributed by atoms with Crippen LogP contribution in [0.3, 0.4) is 0 Å². The molecule has 0 saturated carbocycles. The normalized spacial score (nSPS) is 11.4. The summed E-state index contributed by atoms with van der Waals surface area (Å²) in [6.07, 6.45) is -3.43. The third kappa shape index (κ3) is 3.40. The van der Waals surface area contributed by atoms with Gasteiger partial charge in [0.15, 0.2) is 0 Å². The van der Waals surface area contributed by atoms with Gasteiger partial charge in [0.25, 0.3) is 0 Å². The van der Waals surface area contributed by atoms with Gasteiger partial charge in [-0.3, -0.25) is 0 Å². The Kier molecular flexibility index (Phi) is 3.64. The second-order valence-electron chi connectivity index (χ2n) is 3.73. The zero-order valence-electron chi connectivity index (χ0n) is 9.58. The fraction of sp³-hybridized carbons (Fsp3) is 0.167. The van der Waals surface area contributed by atoms with Crippen molar-refractivity contribution in [2.75, 3.05) is 5.32 Å². The number of rotatable bonds is 3. The Morgan fingerprint density at radius 1 is 1.11 bits per heavy atom. The van der Waals surface area contributed by atoms with Crippen molar-refractivity contribution >= 4 is 5.82 Å². The molecule has 1 aromatic carbocycles. The molecule has 0 aliphatic heterocycles. The lowest BCUT2D eigenvalue weighted by atomic mass is 10.1. The van der Waals surface area contributed by atoms with E-state index in [0.717, 1.165) is 18.5 Å². The summed E-state index contributed by atoms with van der Waals surface area (Å²) in [5, 5.41) is 2.62. The molecule has 7 heteroatoms. The first-order chi connectivity index (χ1) is 8.97. The highest BCUT2D eigenvalue weighted by Crippen LogP contribution is 2.32. The molecule has 0 fully saturated rings. The second kappa shape index (κ2) is 5.21. The smallest absolute Gasteiger partial charge is 0.366 e. The maximum Gasteiger partial charge on any atom is 0.416 e. The quantitative estimate of drug-likeness (QED) is 0.688. The van der Waals surface area contributed by atoms with E-state index in [0.29, 0.717) is 0 Å². The molecule has 0 bridgehead atoms. The van der Waals surface area contributed by atoms with Crippen molar-refractivity contribution in [3.8, 4) is 0 Å². The van der Waals surface area contributed by atoms with E-state index >= 15 is 0 Å². The molecule has 2 rings (SSSR count). The molecule has 100 valence electrons. The molecule has 2 aromatic rings. The van der Waals surface area contributed by atoms with E-state index < -0.39 is 17.7 Å². The molecular weight excluding hydrogens is 262 g/mol. The number of nitrogens with zero attached hydrogens (tertiary/aromatic N) is 2. The number of hydrogen-bond donors (Lipinski definition) is 1. The molecule has 0 amide bonds. The highest BCUT2D eigenvalue weighted by molar-refractivity contribution is 5.37. The SMILES string of the molecule is Fc1cc(NCc2ccccc2C(F)(F)F)ncn1. The monoisotopic (exact) mass is 271 g/mol. The lowest BCUT2D eigenvalue weighted by Gasteiger charge is -2.13. The molecule has 0 unspecified atom stereocenters. The van der Waals surface area contributed by atoms with Crippen LogP contribution in [0.5, 0.6) is 0 Å². The molecule has 0 saturated heterocycles. The van der Waals surface area contributed by atoms with Crippen LogP contribution in [-0.2, 0) is 12.7 Å². The fourth-order valence-corrected chi connectivity index (χ4v) is 1.57. The zero-order chi connectivity index (χ0) is 13.9. The summed E-state index contributed by atoms with van der Waals surface area (Å²) < 4.78 is 51.0. The highest BCUT2D eigenvalue weighted by Gasteiger charge is 2.32. The van der Waals surface area contributed by atoms with Crippen LogP contribution in [-0.4, -0.2) is 9.97 Å². The topological polar surface area (TPSA) is 37.8 Å². The Balaban J connectivity index is 2.16. The van der Waals surface area contributed by atoms with E-state index in [2.05, 4.69) is 15.3 Å². The maximum absolute atomic E-state index is 12.8. The molecule has 3 nitrogen and oxygen atoms in total. The molecular formula is C12H9F4N3. The number of halogens is 4. The van der Waals surface area contributed by atoms with Gasteiger partial charge in [-0.2, -0.15) is 17.6 Å². The molecule has 1 heterocycles. The van der Waals surface area contributed by atoms with Gasteiger partial charge in [-0.05, 0) is 11.6 Å². The second-order valence-corrected chi connectivity index (χ2v) is 3.73. The Bertz CT molecular complexity index is 569. The Hall–Kier alpha value is -2.18. The maximum atomic E-state index is 12.8. The number of alkyl halides is 3. The van der Waals surface area contributed by atoms with E-state index in [1.54, 1.807) is 0 Å². The van der Waals surface area contributed by atoms with Gasteiger partial charge < -0.3 is 5.32 Å². The van der Waals surface area contributed by atoms with Gasteiger partial charge in [0.1, 0.15) is 12.1 Å². The molecule has 0 radical (unpaired) electrons. The molecule has 0 aliphatic rings. The van der Waals surface area contributed by atoms with Gasteiger partial charge in [0.05, 0.1) is 5.56 Å². The lowest BCUT2D eigenvalue weighted by Crippen LogP contribution is -2.12. The molecule has 0 spiro atoms. The van der Waals surface area contributed by atoms with Crippen LogP contribution >= 0.6 is 0 Å². The lowest BCUT2D eigenvalue weighted by molar-refractivity contribution is -0.138. The minimum Gasteiger partial charge on any atom is -0.366 e. The van der Waals surface area contributed by atoms with Crippen molar-refractivity contribution in [2.45, 2.75) is 12.7 Å². The summed E-state index contributed by atoms with van der Waals surface area (Å²) in [7, 11) is 0. The number of anilines is 1. The van der Waals surface area contributed by atoms with Crippen LogP contribution in [0, 0.1) is 5.95 Å². The van der Waals surface area contributed by atoms with Crippen molar-refractivity contribution in [1.82, 2.24) is 9.97 Å². The van der Waals surface area contributed by atoms with Crippen molar-refractivity contribution in [3.05, 3.63) is 53.7 Å². The number of hydrogen-bond acceptors (Lipinski definition) is 3. The summed E-state index contributed by atoms with van der Waals surface area (Å²) in [6.45, 7) is -0.105. The fourth-order valence-electron chi connectivity index (χ4n) is 1.57. The molecule has 19 heavy (non-hydrogen) atoms. The van der Waals surface area contributed by atoms with Gasteiger partial charge in [-0.25, -0.2) is 9.97 Å². The van der Waals surface area contributed by atoms with Crippen LogP contribution in [0.4, 0.5) is 23.4 Å². The summed E-state index contributed by atoms with van der Waals surface area (Å²) in [4.78, 5) is 6.96. The standard InChI is InChI=1S/C12H9F4N3/c13-10-5-11(19-7-18-10)17-6-8-3-1-2-4-9(8)12(14,15)16/h1-5,7H,6H2,(H,17,18,19). The minimum atomic E-state index is -4.42. The first-order valence-corrected chi connectivity index (χ1v) is 5.33. The Morgan fingerprint density at radius 2 is 1.84 bits per heavy atom. The number of aromatic nitrogens is 2. The van der Waals surface area contributed by atoms with Gasteiger partial charge in [0.2, 0.25) is 5.95 Å². The average Bonchev–Trinajstić information content (AvgIpc) is 2.36. The summed E-state index contributed by atoms with van der Waals surface area (Å²) in [5.41, 5.74) is -0.661. The molecule has 1 N–H and O–H groups in total. The van der Waals surface area contributed by atoms with Gasteiger partial charge >= 0.3 is 6.18 Å². The first kappa shape index (κ1) is 13.3. The predicted molar refractivity (Wildman–Crippen MR) is 60.8 cm³/mol. The third-order valence-corrected chi connectivity index (χ3v) is 2.42. The molecule has 0 aliphatic carbocycles. The molecule has 1 aromatic heterocycles. The van der Waals surface area contributed by atoms with E-state index in [-0.39, 0.29) is 17.9 Å². The average molecular weight is 271 g/mol. The van der Waals surface area contributed by atoms with Crippen LogP contribution in [0.25, 0.3) is 0 Å². The van der Waals surface area contributed by atoms with Crippen LogP contribution < -0.4 is 5.32 Å². The van der Waals surface area contributed by atoms with E-state index in [1.807, 2.05) is 0 Å². The largest absolute Gasteiger partial charge is 0.416 e. The highest BCUT2D eigenvalue weighted by atomic mass is 19.4. The third-order valence-electron chi connectivity index (χ3n) is 2.42. The minimum absolute atomic E-state index is 0.0639. The predicted octanol–water partition coefficient (Wildman–Crippen LogP) is 3.25. The van der Waals surface area contributed by atoms with Crippen LogP contribution in [0.2, 0.25) is 0 Å².